The minimum Gasteiger partial charge on any atom is -0.462 e. The second kappa shape index (κ2) is 8.28. The number of aromatic nitrogens is 2. The summed E-state index contributed by atoms with van der Waals surface area (Å²) in [5, 5.41) is 7.54. The highest BCUT2D eigenvalue weighted by atomic mass is 32.1. The van der Waals surface area contributed by atoms with E-state index in [4.69, 9.17) is 4.74 Å². The summed E-state index contributed by atoms with van der Waals surface area (Å²) < 4.78 is 5.15. The molecule has 0 aliphatic rings. The number of carbonyl (C=O) groups is 1. The Bertz CT molecular complexity index is 1140. The predicted octanol–water partition coefficient (Wildman–Crippen LogP) is 5.66. The SMILES string of the molecule is CCOC(=O)c1sc2ncnc(Nc3ccc(Nc4ccccc4)cc3)c2c1C. The first kappa shape index (κ1) is 18.9. The molecule has 0 amide bonds. The number of fused-ring (bicyclic) bond motifs is 1. The van der Waals surface area contributed by atoms with Crippen molar-refractivity contribution in [2.75, 3.05) is 17.2 Å². The van der Waals surface area contributed by atoms with Gasteiger partial charge in [-0.1, -0.05) is 18.2 Å². The van der Waals surface area contributed by atoms with Crippen LogP contribution in [0.3, 0.4) is 0 Å². The predicted molar refractivity (Wildman–Crippen MR) is 118 cm³/mol. The van der Waals surface area contributed by atoms with E-state index in [1.807, 2.05) is 61.5 Å². The summed E-state index contributed by atoms with van der Waals surface area (Å²) in [5.41, 5.74) is 3.75. The highest BCUT2D eigenvalue weighted by Gasteiger charge is 2.20. The molecule has 146 valence electrons. The molecule has 2 N–H and O–H groups in total. The summed E-state index contributed by atoms with van der Waals surface area (Å²) in [5.74, 6) is 0.346. The lowest BCUT2D eigenvalue weighted by Gasteiger charge is -2.10. The molecule has 2 aromatic carbocycles. The van der Waals surface area contributed by atoms with Crippen molar-refractivity contribution >= 4 is 50.4 Å². The lowest BCUT2D eigenvalue weighted by atomic mass is 10.2. The highest BCUT2D eigenvalue weighted by molar-refractivity contribution is 7.20. The lowest BCUT2D eigenvalue weighted by Crippen LogP contribution is -2.03. The van der Waals surface area contributed by atoms with Gasteiger partial charge in [0.25, 0.3) is 0 Å². The minimum absolute atomic E-state index is 0.324. The molecule has 0 saturated heterocycles. The molecule has 2 heterocycles. The topological polar surface area (TPSA) is 76.1 Å². The fourth-order valence-corrected chi connectivity index (χ4v) is 4.06. The van der Waals surface area contributed by atoms with E-state index in [-0.39, 0.29) is 5.97 Å². The maximum atomic E-state index is 12.2. The molecular formula is C22H20N4O2S. The van der Waals surface area contributed by atoms with E-state index in [2.05, 4.69) is 20.6 Å². The number of rotatable bonds is 6. The second-order valence-corrected chi connectivity index (χ2v) is 7.37. The molecule has 2 aromatic heterocycles. The van der Waals surface area contributed by atoms with E-state index in [9.17, 15) is 4.79 Å². The van der Waals surface area contributed by atoms with Gasteiger partial charge in [0.1, 0.15) is 21.9 Å². The van der Waals surface area contributed by atoms with Crippen molar-refractivity contribution in [2.45, 2.75) is 13.8 Å². The van der Waals surface area contributed by atoms with Crippen molar-refractivity contribution in [2.24, 2.45) is 0 Å². The number of ether oxygens (including phenoxy) is 1. The first-order valence-electron chi connectivity index (χ1n) is 9.26. The summed E-state index contributed by atoms with van der Waals surface area (Å²) in [4.78, 5) is 22.2. The van der Waals surface area contributed by atoms with Crippen molar-refractivity contribution in [3.8, 4) is 0 Å². The molecule has 29 heavy (non-hydrogen) atoms. The second-order valence-electron chi connectivity index (χ2n) is 6.37. The summed E-state index contributed by atoms with van der Waals surface area (Å²) in [6, 6.07) is 18.0. The number of hydrogen-bond donors (Lipinski definition) is 2. The third-order valence-corrected chi connectivity index (χ3v) is 5.58. The highest BCUT2D eigenvalue weighted by Crippen LogP contribution is 2.35. The van der Waals surface area contributed by atoms with Crippen molar-refractivity contribution < 1.29 is 9.53 Å². The third kappa shape index (κ3) is 4.05. The summed E-state index contributed by atoms with van der Waals surface area (Å²) in [6.45, 7) is 4.03. The lowest BCUT2D eigenvalue weighted by molar-refractivity contribution is 0.0531. The van der Waals surface area contributed by atoms with Gasteiger partial charge in [-0.15, -0.1) is 11.3 Å². The number of benzene rings is 2. The number of thiophene rings is 1. The standard InChI is InChI=1S/C22H20N4O2S/c1-3-28-22(27)19-14(2)18-20(23-13-24-21(18)29-19)26-17-11-9-16(10-12-17)25-15-7-5-4-6-8-15/h4-13,25H,3H2,1-2H3,(H,23,24,26). The van der Waals surface area contributed by atoms with E-state index in [1.54, 1.807) is 6.92 Å². The number of anilines is 4. The van der Waals surface area contributed by atoms with Crippen LogP contribution in [-0.2, 0) is 4.74 Å². The van der Waals surface area contributed by atoms with E-state index in [0.717, 1.165) is 32.8 Å². The molecule has 0 bridgehead atoms. The van der Waals surface area contributed by atoms with Crippen LogP contribution in [0.4, 0.5) is 22.9 Å². The smallest absolute Gasteiger partial charge is 0.348 e. The van der Waals surface area contributed by atoms with Gasteiger partial charge in [-0.3, -0.25) is 0 Å². The number of carbonyl (C=O) groups excluding carboxylic acids is 1. The molecule has 0 spiro atoms. The fourth-order valence-electron chi connectivity index (χ4n) is 3.02. The number of nitrogens with one attached hydrogen (secondary N) is 2. The average Bonchev–Trinajstić information content (AvgIpc) is 3.08. The van der Waals surface area contributed by atoms with E-state index < -0.39 is 0 Å². The zero-order valence-electron chi connectivity index (χ0n) is 16.1. The van der Waals surface area contributed by atoms with Crippen LogP contribution in [0.1, 0.15) is 22.2 Å². The van der Waals surface area contributed by atoms with Crippen LogP contribution in [-0.4, -0.2) is 22.5 Å². The van der Waals surface area contributed by atoms with E-state index >= 15 is 0 Å². The number of aryl methyl sites for hydroxylation is 1. The van der Waals surface area contributed by atoms with Crippen LogP contribution in [0.25, 0.3) is 10.2 Å². The molecule has 7 heteroatoms. The van der Waals surface area contributed by atoms with Crippen LogP contribution in [0.2, 0.25) is 0 Å². The molecule has 0 aliphatic heterocycles. The van der Waals surface area contributed by atoms with Crippen LogP contribution in [0.5, 0.6) is 0 Å². The van der Waals surface area contributed by atoms with Gasteiger partial charge in [0.2, 0.25) is 0 Å². The van der Waals surface area contributed by atoms with Crippen LogP contribution < -0.4 is 10.6 Å². The van der Waals surface area contributed by atoms with Crippen LogP contribution in [0.15, 0.2) is 60.9 Å². The van der Waals surface area contributed by atoms with Crippen molar-refractivity contribution in [3.05, 3.63) is 71.4 Å². The zero-order chi connectivity index (χ0) is 20.2. The Kier molecular flexibility index (Phi) is 5.39. The Labute approximate surface area is 172 Å². The summed E-state index contributed by atoms with van der Waals surface area (Å²) in [7, 11) is 0. The Morgan fingerprint density at radius 3 is 2.31 bits per heavy atom. The normalized spacial score (nSPS) is 10.7. The number of nitrogens with zero attached hydrogens (tertiary/aromatic N) is 2. The molecule has 0 radical (unpaired) electrons. The van der Waals surface area contributed by atoms with Gasteiger partial charge in [-0.05, 0) is 55.8 Å². The third-order valence-electron chi connectivity index (χ3n) is 4.40. The molecule has 6 nitrogen and oxygen atoms in total. The number of para-hydroxylation sites is 1. The molecular weight excluding hydrogens is 384 g/mol. The molecule has 0 aliphatic carbocycles. The van der Waals surface area contributed by atoms with Gasteiger partial charge in [0, 0.05) is 17.1 Å². The minimum atomic E-state index is -0.324. The molecule has 4 aromatic rings. The van der Waals surface area contributed by atoms with Gasteiger partial charge >= 0.3 is 5.97 Å². The quantitative estimate of drug-likeness (QED) is 0.404. The Morgan fingerprint density at radius 1 is 0.966 bits per heavy atom. The maximum Gasteiger partial charge on any atom is 0.348 e. The van der Waals surface area contributed by atoms with Gasteiger partial charge in [-0.25, -0.2) is 14.8 Å². The summed E-state index contributed by atoms with van der Waals surface area (Å²) in [6.07, 6.45) is 1.50. The fraction of sp³-hybridized carbons (Fsp3) is 0.136. The van der Waals surface area contributed by atoms with Crippen molar-refractivity contribution in [1.82, 2.24) is 9.97 Å². The average molecular weight is 404 g/mol. The number of hydrogen-bond acceptors (Lipinski definition) is 7. The summed E-state index contributed by atoms with van der Waals surface area (Å²) >= 11 is 1.32. The van der Waals surface area contributed by atoms with Crippen LogP contribution in [0, 0.1) is 6.92 Å². The Balaban J connectivity index is 1.58. The first-order valence-corrected chi connectivity index (χ1v) is 10.1. The first-order chi connectivity index (χ1) is 14.2. The zero-order valence-corrected chi connectivity index (χ0v) is 16.9. The molecule has 4 rings (SSSR count). The van der Waals surface area contributed by atoms with Gasteiger partial charge in [0.15, 0.2) is 0 Å². The van der Waals surface area contributed by atoms with Crippen molar-refractivity contribution in [1.29, 1.82) is 0 Å². The monoisotopic (exact) mass is 404 g/mol. The Morgan fingerprint density at radius 2 is 1.62 bits per heavy atom. The largest absolute Gasteiger partial charge is 0.462 e. The Hall–Kier alpha value is -3.45. The van der Waals surface area contributed by atoms with E-state index in [0.29, 0.717) is 17.3 Å². The van der Waals surface area contributed by atoms with Gasteiger partial charge in [0.05, 0.1) is 12.0 Å². The van der Waals surface area contributed by atoms with Crippen LogP contribution >= 0.6 is 11.3 Å². The van der Waals surface area contributed by atoms with Gasteiger partial charge < -0.3 is 15.4 Å². The van der Waals surface area contributed by atoms with Gasteiger partial charge in [-0.2, -0.15) is 0 Å². The molecule has 0 fully saturated rings. The molecule has 0 atom stereocenters. The number of esters is 1. The van der Waals surface area contributed by atoms with E-state index in [1.165, 1.54) is 17.7 Å². The molecule has 0 unspecified atom stereocenters. The molecule has 0 saturated carbocycles. The maximum absolute atomic E-state index is 12.2. The van der Waals surface area contributed by atoms with Crippen molar-refractivity contribution in [3.63, 3.8) is 0 Å².